The molecule has 1 saturated heterocycles. The number of hydrogen-bond acceptors (Lipinski definition) is 5. The summed E-state index contributed by atoms with van der Waals surface area (Å²) < 4.78 is 6.19. The lowest BCUT2D eigenvalue weighted by atomic mass is 10.2. The highest BCUT2D eigenvalue weighted by molar-refractivity contribution is 4.88. The van der Waals surface area contributed by atoms with Gasteiger partial charge in [0.15, 0.2) is 6.29 Å². The first-order valence-corrected chi connectivity index (χ1v) is 4.81. The molecule has 0 saturated carbocycles. The number of ether oxygens (including phenoxy) is 1. The number of aliphatic hydroxyl groups excluding tert-OH is 1. The Morgan fingerprint density at radius 3 is 3.06 bits per heavy atom. The number of H-pyrrole nitrogens is 1. The molecule has 0 amide bonds. The number of rotatable bonds is 2. The first kappa shape index (κ1) is 11.4. The zero-order valence-electron chi connectivity index (χ0n) is 8.55. The van der Waals surface area contributed by atoms with E-state index < -0.39 is 29.8 Å². The van der Waals surface area contributed by atoms with Crippen LogP contribution < -0.4 is 11.2 Å². The Morgan fingerprint density at radius 1 is 1.65 bits per heavy atom. The number of nitrogens with one attached hydrogen (secondary N) is 1. The fraction of sp³-hybridized carbons (Fsp3) is 0.500. The van der Waals surface area contributed by atoms with Crippen molar-refractivity contribution in [3.8, 4) is 0 Å². The molecule has 0 unspecified atom stereocenters. The van der Waals surface area contributed by atoms with Crippen molar-refractivity contribution in [2.75, 3.05) is 0 Å². The molecule has 1 aliphatic heterocycles. The van der Waals surface area contributed by atoms with Crippen LogP contribution in [0.2, 0.25) is 0 Å². The molecule has 0 aromatic carbocycles. The van der Waals surface area contributed by atoms with Crippen molar-refractivity contribution in [3.05, 3.63) is 43.5 Å². The summed E-state index contributed by atoms with van der Waals surface area (Å²) >= 11 is 0. The molecule has 9 nitrogen and oxygen atoms in total. The fourth-order valence-electron chi connectivity index (χ4n) is 1.63. The van der Waals surface area contributed by atoms with Gasteiger partial charge in [0.25, 0.3) is 5.56 Å². The molecule has 0 radical (unpaired) electrons. The molecule has 1 fully saturated rings. The average molecular weight is 239 g/mol. The molecule has 1 aromatic rings. The minimum Gasteiger partial charge on any atom is -0.367 e. The van der Waals surface area contributed by atoms with E-state index in [0.717, 1.165) is 10.6 Å². The first-order valence-electron chi connectivity index (χ1n) is 4.81. The molecule has 2 rings (SSSR count). The molecule has 2 N–H and O–H groups in total. The molecule has 0 bridgehead atoms. The fourth-order valence-corrected chi connectivity index (χ4v) is 1.63. The van der Waals surface area contributed by atoms with Crippen LogP contribution in [-0.2, 0) is 4.74 Å². The lowest BCUT2D eigenvalue weighted by Crippen LogP contribution is -2.31. The Morgan fingerprint density at radius 2 is 2.41 bits per heavy atom. The van der Waals surface area contributed by atoms with Gasteiger partial charge in [0.2, 0.25) is 0 Å². The van der Waals surface area contributed by atoms with E-state index in [-0.39, 0.29) is 6.42 Å². The summed E-state index contributed by atoms with van der Waals surface area (Å²) in [7, 11) is 0. The summed E-state index contributed by atoms with van der Waals surface area (Å²) in [4.78, 5) is 26.9. The second kappa shape index (κ2) is 4.42. The van der Waals surface area contributed by atoms with Gasteiger partial charge >= 0.3 is 5.69 Å². The Bertz CT molecular complexity index is 572. The van der Waals surface area contributed by atoms with E-state index in [9.17, 15) is 14.7 Å². The summed E-state index contributed by atoms with van der Waals surface area (Å²) in [5, 5.41) is 12.8. The van der Waals surface area contributed by atoms with E-state index in [2.05, 4.69) is 15.0 Å². The lowest BCUT2D eigenvalue weighted by Gasteiger charge is -2.12. The SMILES string of the molecule is [N-]=[N+]=N[C@H]1C[C@H](n2ccc(=O)[nH]c2=O)O[C@@H]1O. The van der Waals surface area contributed by atoms with Gasteiger partial charge in [-0.05, 0) is 5.53 Å². The monoisotopic (exact) mass is 239 g/mol. The van der Waals surface area contributed by atoms with Crippen LogP contribution in [-0.4, -0.2) is 27.0 Å². The van der Waals surface area contributed by atoms with Gasteiger partial charge in [0, 0.05) is 23.6 Å². The third-order valence-electron chi connectivity index (χ3n) is 2.43. The maximum atomic E-state index is 11.4. The minimum absolute atomic E-state index is 0.164. The largest absolute Gasteiger partial charge is 0.367 e. The smallest absolute Gasteiger partial charge is 0.330 e. The van der Waals surface area contributed by atoms with Crippen LogP contribution in [0.3, 0.4) is 0 Å². The summed E-state index contributed by atoms with van der Waals surface area (Å²) in [6, 6.07) is 0.418. The molecule has 1 aliphatic rings. The maximum Gasteiger partial charge on any atom is 0.330 e. The van der Waals surface area contributed by atoms with Crippen molar-refractivity contribution in [1.82, 2.24) is 9.55 Å². The molecular formula is C8H9N5O4. The molecule has 9 heteroatoms. The van der Waals surface area contributed by atoms with Crippen LogP contribution in [0.15, 0.2) is 27.0 Å². The Balaban J connectivity index is 2.28. The molecular weight excluding hydrogens is 230 g/mol. The van der Waals surface area contributed by atoms with E-state index >= 15 is 0 Å². The molecule has 0 spiro atoms. The van der Waals surface area contributed by atoms with Gasteiger partial charge in [-0.25, -0.2) is 4.79 Å². The highest BCUT2D eigenvalue weighted by Crippen LogP contribution is 2.28. The van der Waals surface area contributed by atoms with Crippen molar-refractivity contribution < 1.29 is 9.84 Å². The molecule has 90 valence electrons. The average Bonchev–Trinajstić information content (AvgIpc) is 2.60. The van der Waals surface area contributed by atoms with Gasteiger partial charge in [0.1, 0.15) is 6.23 Å². The van der Waals surface area contributed by atoms with Crippen molar-refractivity contribution in [2.45, 2.75) is 25.0 Å². The zero-order chi connectivity index (χ0) is 12.4. The Kier molecular flexibility index (Phi) is 2.96. The number of azide groups is 1. The standard InChI is InChI=1S/C8H9N5O4/c9-12-11-4-3-6(17-7(4)15)13-2-1-5(14)10-8(13)16/h1-2,4,6-7,15H,3H2,(H,10,14,16)/t4-,6+,7-/m0/s1. The van der Waals surface area contributed by atoms with Gasteiger partial charge < -0.3 is 9.84 Å². The number of aromatic nitrogens is 2. The molecule has 2 heterocycles. The summed E-state index contributed by atoms with van der Waals surface area (Å²) in [6.45, 7) is 0. The van der Waals surface area contributed by atoms with Crippen LogP contribution in [0.5, 0.6) is 0 Å². The molecule has 17 heavy (non-hydrogen) atoms. The van der Waals surface area contributed by atoms with Crippen LogP contribution >= 0.6 is 0 Å². The number of nitrogens with zero attached hydrogens (tertiary/aromatic N) is 4. The number of hydrogen-bond donors (Lipinski definition) is 2. The predicted octanol–water partition coefficient (Wildman–Crippen LogP) is -0.547. The van der Waals surface area contributed by atoms with Crippen LogP contribution in [0, 0.1) is 0 Å². The number of aliphatic hydroxyl groups is 1. The third kappa shape index (κ3) is 2.21. The third-order valence-corrected chi connectivity index (χ3v) is 2.43. The highest BCUT2D eigenvalue weighted by atomic mass is 16.6. The van der Waals surface area contributed by atoms with E-state index in [1.165, 1.54) is 6.20 Å². The van der Waals surface area contributed by atoms with Crippen LogP contribution in [0.4, 0.5) is 0 Å². The van der Waals surface area contributed by atoms with E-state index in [0.29, 0.717) is 0 Å². The Labute approximate surface area is 93.9 Å². The first-order chi connectivity index (χ1) is 8.11. The molecule has 1 aromatic heterocycles. The van der Waals surface area contributed by atoms with Crippen molar-refractivity contribution in [2.24, 2.45) is 5.11 Å². The van der Waals surface area contributed by atoms with Crippen LogP contribution in [0.1, 0.15) is 12.6 Å². The van der Waals surface area contributed by atoms with Gasteiger partial charge in [-0.2, -0.15) is 0 Å². The highest BCUT2D eigenvalue weighted by Gasteiger charge is 2.34. The summed E-state index contributed by atoms with van der Waals surface area (Å²) in [5.41, 5.74) is 7.11. The van der Waals surface area contributed by atoms with E-state index in [1.54, 1.807) is 0 Å². The summed E-state index contributed by atoms with van der Waals surface area (Å²) in [6.07, 6.45) is -0.589. The van der Waals surface area contributed by atoms with E-state index in [4.69, 9.17) is 10.3 Å². The number of aromatic amines is 1. The molecule has 3 atom stereocenters. The van der Waals surface area contributed by atoms with Gasteiger partial charge in [0.05, 0.1) is 6.04 Å². The van der Waals surface area contributed by atoms with Gasteiger partial charge in [-0.15, -0.1) is 0 Å². The minimum atomic E-state index is -1.25. The summed E-state index contributed by atoms with van der Waals surface area (Å²) in [5.74, 6) is 0. The predicted molar refractivity (Wildman–Crippen MR) is 55.0 cm³/mol. The Hall–Kier alpha value is -2.09. The quantitative estimate of drug-likeness (QED) is 0.407. The van der Waals surface area contributed by atoms with E-state index in [1.807, 2.05) is 0 Å². The van der Waals surface area contributed by atoms with Gasteiger partial charge in [-0.1, -0.05) is 5.11 Å². The lowest BCUT2D eigenvalue weighted by molar-refractivity contribution is -0.118. The van der Waals surface area contributed by atoms with Crippen LogP contribution in [0.25, 0.3) is 10.4 Å². The molecule has 0 aliphatic carbocycles. The van der Waals surface area contributed by atoms with Crippen molar-refractivity contribution in [3.63, 3.8) is 0 Å². The maximum absolute atomic E-state index is 11.4. The van der Waals surface area contributed by atoms with Crippen molar-refractivity contribution in [1.29, 1.82) is 0 Å². The van der Waals surface area contributed by atoms with Gasteiger partial charge in [-0.3, -0.25) is 14.3 Å². The second-order valence-electron chi connectivity index (χ2n) is 3.51. The van der Waals surface area contributed by atoms with Crippen molar-refractivity contribution >= 4 is 0 Å². The normalized spacial score (nSPS) is 27.7. The topological polar surface area (TPSA) is 133 Å². The zero-order valence-corrected chi connectivity index (χ0v) is 8.55. The second-order valence-corrected chi connectivity index (χ2v) is 3.51.